The number of fused-ring (bicyclic) bond motifs is 1. The molecule has 1 aliphatic heterocycles. The standard InChI is InChI=1S/C27H33N3O3/c1-4-33-26-18-25(20-6-5-7-22(16-20)32-3)29-24-9-8-21(17-23(24)26)27(31)28-12-15-30-13-10-19(2)11-14-30/h5-9,16-19H,4,10-15H2,1-3H3,(H,28,31). The summed E-state index contributed by atoms with van der Waals surface area (Å²) in [5.74, 6) is 2.24. The molecule has 0 radical (unpaired) electrons. The molecule has 3 aromatic rings. The van der Waals surface area contributed by atoms with Crippen LogP contribution in [0.3, 0.4) is 0 Å². The number of piperidine rings is 1. The topological polar surface area (TPSA) is 63.7 Å². The van der Waals surface area contributed by atoms with Crippen LogP contribution in [0.25, 0.3) is 22.2 Å². The maximum Gasteiger partial charge on any atom is 0.251 e. The van der Waals surface area contributed by atoms with E-state index in [1.807, 2.05) is 55.5 Å². The highest BCUT2D eigenvalue weighted by Gasteiger charge is 2.16. The minimum Gasteiger partial charge on any atom is -0.497 e. The largest absolute Gasteiger partial charge is 0.497 e. The van der Waals surface area contributed by atoms with Crippen molar-refractivity contribution in [2.45, 2.75) is 26.7 Å². The van der Waals surface area contributed by atoms with E-state index in [0.717, 1.165) is 59.2 Å². The van der Waals surface area contributed by atoms with E-state index in [4.69, 9.17) is 14.5 Å². The van der Waals surface area contributed by atoms with Crippen molar-refractivity contribution in [3.63, 3.8) is 0 Å². The summed E-state index contributed by atoms with van der Waals surface area (Å²) in [4.78, 5) is 20.1. The van der Waals surface area contributed by atoms with Crippen molar-refractivity contribution in [1.29, 1.82) is 0 Å². The number of aromatic nitrogens is 1. The predicted octanol–water partition coefficient (Wildman–Crippen LogP) is 4.77. The number of hydrogen-bond donors (Lipinski definition) is 1. The molecule has 1 fully saturated rings. The molecule has 2 heterocycles. The average Bonchev–Trinajstić information content (AvgIpc) is 2.85. The summed E-state index contributed by atoms with van der Waals surface area (Å²) in [5.41, 5.74) is 3.16. The van der Waals surface area contributed by atoms with Crippen LogP contribution in [0.2, 0.25) is 0 Å². The number of pyridine rings is 1. The van der Waals surface area contributed by atoms with Crippen LogP contribution in [0, 0.1) is 5.92 Å². The number of nitrogens with one attached hydrogen (secondary N) is 1. The van der Waals surface area contributed by atoms with E-state index >= 15 is 0 Å². The fourth-order valence-electron chi connectivity index (χ4n) is 4.26. The zero-order valence-corrected chi connectivity index (χ0v) is 19.8. The highest BCUT2D eigenvalue weighted by Crippen LogP contribution is 2.32. The number of benzene rings is 2. The highest BCUT2D eigenvalue weighted by atomic mass is 16.5. The van der Waals surface area contributed by atoms with Gasteiger partial charge in [-0.15, -0.1) is 0 Å². The first-order chi connectivity index (χ1) is 16.1. The van der Waals surface area contributed by atoms with E-state index in [1.54, 1.807) is 7.11 Å². The molecule has 0 aliphatic carbocycles. The lowest BCUT2D eigenvalue weighted by Gasteiger charge is -2.30. The van der Waals surface area contributed by atoms with Crippen LogP contribution in [-0.2, 0) is 0 Å². The van der Waals surface area contributed by atoms with E-state index in [9.17, 15) is 4.79 Å². The van der Waals surface area contributed by atoms with Crippen molar-refractivity contribution < 1.29 is 14.3 Å². The SMILES string of the molecule is CCOc1cc(-c2cccc(OC)c2)nc2ccc(C(=O)NCCN3CCC(C)CC3)cc12. The fraction of sp³-hybridized carbons (Fsp3) is 0.407. The lowest BCUT2D eigenvalue weighted by atomic mass is 9.99. The monoisotopic (exact) mass is 447 g/mol. The van der Waals surface area contributed by atoms with Crippen LogP contribution < -0.4 is 14.8 Å². The first kappa shape index (κ1) is 23.1. The molecule has 0 bridgehead atoms. The van der Waals surface area contributed by atoms with Crippen molar-refractivity contribution in [3.8, 4) is 22.8 Å². The van der Waals surface area contributed by atoms with E-state index in [0.29, 0.717) is 18.7 Å². The molecule has 1 N–H and O–H groups in total. The first-order valence-corrected chi connectivity index (χ1v) is 11.8. The summed E-state index contributed by atoms with van der Waals surface area (Å²) in [5, 5.41) is 3.90. The maximum absolute atomic E-state index is 12.8. The third-order valence-corrected chi connectivity index (χ3v) is 6.29. The van der Waals surface area contributed by atoms with Gasteiger partial charge in [-0.3, -0.25) is 4.79 Å². The van der Waals surface area contributed by atoms with Gasteiger partial charge in [-0.1, -0.05) is 19.1 Å². The molecule has 1 aliphatic rings. The van der Waals surface area contributed by atoms with Gasteiger partial charge in [0.1, 0.15) is 11.5 Å². The Hall–Kier alpha value is -3.12. The van der Waals surface area contributed by atoms with Crippen molar-refractivity contribution in [1.82, 2.24) is 15.2 Å². The van der Waals surface area contributed by atoms with Gasteiger partial charge in [-0.25, -0.2) is 4.98 Å². The number of carbonyl (C=O) groups excluding carboxylic acids is 1. The Morgan fingerprint density at radius 3 is 2.73 bits per heavy atom. The summed E-state index contributed by atoms with van der Waals surface area (Å²) in [6, 6.07) is 15.3. The second-order valence-electron chi connectivity index (χ2n) is 8.68. The molecule has 0 unspecified atom stereocenters. The minimum atomic E-state index is -0.0680. The van der Waals surface area contributed by atoms with E-state index < -0.39 is 0 Å². The van der Waals surface area contributed by atoms with Gasteiger partial charge in [-0.05, 0) is 69.1 Å². The fourth-order valence-corrected chi connectivity index (χ4v) is 4.26. The quantitative estimate of drug-likeness (QED) is 0.539. The van der Waals surface area contributed by atoms with Crippen LogP contribution in [-0.4, -0.2) is 55.7 Å². The van der Waals surface area contributed by atoms with Gasteiger partial charge in [-0.2, -0.15) is 0 Å². The lowest BCUT2D eigenvalue weighted by molar-refractivity contribution is 0.0944. The molecular formula is C27H33N3O3. The van der Waals surface area contributed by atoms with Gasteiger partial charge in [0.2, 0.25) is 0 Å². The van der Waals surface area contributed by atoms with Gasteiger partial charge in [0.25, 0.3) is 5.91 Å². The molecule has 0 spiro atoms. The highest BCUT2D eigenvalue weighted by molar-refractivity contribution is 5.99. The Labute approximate surface area is 195 Å². The van der Waals surface area contributed by atoms with Crippen molar-refractivity contribution >= 4 is 16.8 Å². The molecule has 174 valence electrons. The number of nitrogens with zero attached hydrogens (tertiary/aromatic N) is 2. The van der Waals surface area contributed by atoms with E-state index in [1.165, 1.54) is 12.8 Å². The Balaban J connectivity index is 1.52. The molecule has 1 amide bonds. The predicted molar refractivity (Wildman–Crippen MR) is 132 cm³/mol. The first-order valence-electron chi connectivity index (χ1n) is 11.8. The number of likely N-dealkylation sites (tertiary alicyclic amines) is 1. The number of methoxy groups -OCH3 is 1. The molecule has 2 aromatic carbocycles. The Morgan fingerprint density at radius 2 is 1.97 bits per heavy atom. The zero-order valence-electron chi connectivity index (χ0n) is 19.8. The molecule has 4 rings (SSSR count). The van der Waals surface area contributed by atoms with Crippen molar-refractivity contribution in [3.05, 3.63) is 54.1 Å². The molecule has 1 saturated heterocycles. The summed E-state index contributed by atoms with van der Waals surface area (Å²) >= 11 is 0. The Kier molecular flexibility index (Phi) is 7.45. The summed E-state index contributed by atoms with van der Waals surface area (Å²) in [6.45, 7) is 8.57. The van der Waals surface area contributed by atoms with Gasteiger partial charge in [0, 0.05) is 35.7 Å². The summed E-state index contributed by atoms with van der Waals surface area (Å²) in [6.07, 6.45) is 2.48. The summed E-state index contributed by atoms with van der Waals surface area (Å²) < 4.78 is 11.3. The van der Waals surface area contributed by atoms with Crippen LogP contribution in [0.5, 0.6) is 11.5 Å². The number of ether oxygens (including phenoxy) is 2. The van der Waals surface area contributed by atoms with Gasteiger partial charge < -0.3 is 19.7 Å². The Morgan fingerprint density at radius 1 is 1.15 bits per heavy atom. The molecule has 33 heavy (non-hydrogen) atoms. The van der Waals surface area contributed by atoms with Crippen LogP contribution in [0.1, 0.15) is 37.0 Å². The van der Waals surface area contributed by atoms with E-state index in [-0.39, 0.29) is 5.91 Å². The Bertz CT molecular complexity index is 1110. The molecular weight excluding hydrogens is 414 g/mol. The molecule has 0 saturated carbocycles. The number of hydrogen-bond acceptors (Lipinski definition) is 5. The number of rotatable bonds is 8. The zero-order chi connectivity index (χ0) is 23.2. The van der Waals surface area contributed by atoms with Gasteiger partial charge in [0.05, 0.1) is 24.9 Å². The van der Waals surface area contributed by atoms with Crippen molar-refractivity contribution in [2.75, 3.05) is 39.9 Å². The summed E-state index contributed by atoms with van der Waals surface area (Å²) in [7, 11) is 1.65. The van der Waals surface area contributed by atoms with Crippen LogP contribution >= 0.6 is 0 Å². The second-order valence-corrected chi connectivity index (χ2v) is 8.68. The average molecular weight is 448 g/mol. The molecule has 1 aromatic heterocycles. The molecule has 0 atom stereocenters. The normalized spacial score (nSPS) is 14.9. The van der Waals surface area contributed by atoms with Crippen LogP contribution in [0.4, 0.5) is 0 Å². The maximum atomic E-state index is 12.8. The van der Waals surface area contributed by atoms with E-state index in [2.05, 4.69) is 17.1 Å². The van der Waals surface area contributed by atoms with Crippen LogP contribution in [0.15, 0.2) is 48.5 Å². The third-order valence-electron chi connectivity index (χ3n) is 6.29. The minimum absolute atomic E-state index is 0.0680. The lowest BCUT2D eigenvalue weighted by Crippen LogP contribution is -2.39. The molecule has 6 heteroatoms. The third kappa shape index (κ3) is 5.63. The molecule has 6 nitrogen and oxygen atoms in total. The second kappa shape index (κ2) is 10.7. The van der Waals surface area contributed by atoms with Gasteiger partial charge >= 0.3 is 0 Å². The number of carbonyl (C=O) groups is 1. The number of amides is 1. The van der Waals surface area contributed by atoms with Crippen molar-refractivity contribution in [2.24, 2.45) is 5.92 Å². The smallest absolute Gasteiger partial charge is 0.251 e. The van der Waals surface area contributed by atoms with Gasteiger partial charge in [0.15, 0.2) is 0 Å².